The van der Waals surface area contributed by atoms with Crippen LogP contribution < -0.4 is 0 Å². The minimum atomic E-state index is -1.89. The summed E-state index contributed by atoms with van der Waals surface area (Å²) in [4.78, 5) is 52.8. The van der Waals surface area contributed by atoms with Gasteiger partial charge in [0.25, 0.3) is 0 Å². The molecule has 5 atom stereocenters. The summed E-state index contributed by atoms with van der Waals surface area (Å²) in [6.07, 6.45) is -6.70. The van der Waals surface area contributed by atoms with Gasteiger partial charge in [-0.1, -0.05) is 72.8 Å². The second-order valence-electron chi connectivity index (χ2n) is 10.4. The van der Waals surface area contributed by atoms with E-state index < -0.39 is 60.7 Å². The van der Waals surface area contributed by atoms with Crippen molar-refractivity contribution < 1.29 is 48.0 Å². The predicted molar refractivity (Wildman–Crippen MR) is 159 cm³/mol. The average Bonchev–Trinajstić information content (AvgIpc) is 3.08. The largest absolute Gasteiger partial charge is 0.459 e. The first-order valence-electron chi connectivity index (χ1n) is 14.1. The van der Waals surface area contributed by atoms with Gasteiger partial charge < -0.3 is 28.8 Å². The highest BCUT2D eigenvalue weighted by Crippen LogP contribution is 2.36. The van der Waals surface area contributed by atoms with Crippen LogP contribution in [0.1, 0.15) is 48.4 Å². The molecule has 0 amide bonds. The molecule has 1 aliphatic rings. The maximum absolute atomic E-state index is 13.4. The number of carbonyl (C=O) groups excluding carboxylic acids is 4. The molecule has 0 aromatic heterocycles. The summed E-state index contributed by atoms with van der Waals surface area (Å²) in [6.45, 7) is 0.888. The Kier molecular flexibility index (Phi) is 9.67. The van der Waals surface area contributed by atoms with Crippen LogP contribution in [0, 0.1) is 0 Å². The maximum atomic E-state index is 13.4. The van der Waals surface area contributed by atoms with Crippen LogP contribution in [-0.4, -0.2) is 65.8 Å². The van der Waals surface area contributed by atoms with Gasteiger partial charge in [-0.2, -0.15) is 0 Å². The van der Waals surface area contributed by atoms with Crippen molar-refractivity contribution in [3.05, 3.63) is 144 Å². The van der Waals surface area contributed by atoms with E-state index in [1.165, 1.54) is 43.3 Å². The molecule has 45 heavy (non-hydrogen) atoms. The van der Waals surface area contributed by atoms with Crippen molar-refractivity contribution >= 4 is 23.9 Å². The number of aliphatic hydroxyl groups is 1. The quantitative estimate of drug-likeness (QED) is 0.211. The van der Waals surface area contributed by atoms with E-state index in [0.29, 0.717) is 0 Å². The second kappa shape index (κ2) is 14.0. The zero-order chi connectivity index (χ0) is 31.8. The summed E-state index contributed by atoms with van der Waals surface area (Å²) in [5.41, 5.74) is -1.07. The van der Waals surface area contributed by atoms with Crippen molar-refractivity contribution in [2.24, 2.45) is 0 Å². The summed E-state index contributed by atoms with van der Waals surface area (Å²) in [5, 5.41) is 11.2. The van der Waals surface area contributed by atoms with Crippen molar-refractivity contribution in [2.45, 2.75) is 37.1 Å². The SMILES string of the molecule is C[C@]1(COC(=O)c2ccccc2)OC(O)[C@H](OC(=O)c2ccccc2)[C@@H](OC(=O)c2ccccc2)[C@@H]1OC(=O)c1ccccc1. The van der Waals surface area contributed by atoms with Crippen LogP contribution >= 0.6 is 0 Å². The summed E-state index contributed by atoms with van der Waals surface area (Å²) in [6, 6.07) is 32.1. The minimum absolute atomic E-state index is 0.150. The molecule has 4 aromatic rings. The van der Waals surface area contributed by atoms with Gasteiger partial charge in [0.1, 0.15) is 12.2 Å². The Bertz CT molecular complexity index is 1610. The Labute approximate surface area is 259 Å². The molecule has 1 heterocycles. The van der Waals surface area contributed by atoms with Crippen molar-refractivity contribution in [3.8, 4) is 0 Å². The molecule has 0 aliphatic carbocycles. The molecule has 10 nitrogen and oxygen atoms in total. The third kappa shape index (κ3) is 7.43. The van der Waals surface area contributed by atoms with Gasteiger partial charge in [0.15, 0.2) is 24.6 Å². The van der Waals surface area contributed by atoms with Crippen molar-refractivity contribution in [1.29, 1.82) is 0 Å². The molecule has 10 heteroatoms. The molecule has 230 valence electrons. The molecule has 1 saturated heterocycles. The molecule has 1 aliphatic heterocycles. The van der Waals surface area contributed by atoms with Crippen LogP contribution in [0.15, 0.2) is 121 Å². The molecule has 1 N–H and O–H groups in total. The van der Waals surface area contributed by atoms with E-state index in [2.05, 4.69) is 0 Å². The molecule has 4 aromatic carbocycles. The third-order valence-corrected chi connectivity index (χ3v) is 7.14. The number of aliphatic hydroxyl groups excluding tert-OH is 1. The third-order valence-electron chi connectivity index (χ3n) is 7.14. The lowest BCUT2D eigenvalue weighted by Crippen LogP contribution is -2.67. The van der Waals surface area contributed by atoms with Crippen LogP contribution in [-0.2, 0) is 23.7 Å². The number of rotatable bonds is 9. The molecule has 0 bridgehead atoms. The van der Waals surface area contributed by atoms with Crippen LogP contribution in [0.5, 0.6) is 0 Å². The molecular formula is C35H30O10. The Morgan fingerprint density at radius 2 is 0.933 bits per heavy atom. The van der Waals surface area contributed by atoms with Crippen LogP contribution in [0.2, 0.25) is 0 Å². The molecule has 0 radical (unpaired) electrons. The molecule has 5 rings (SSSR count). The van der Waals surface area contributed by atoms with Gasteiger partial charge in [0.05, 0.1) is 22.3 Å². The molecular weight excluding hydrogens is 580 g/mol. The van der Waals surface area contributed by atoms with Crippen LogP contribution in [0.25, 0.3) is 0 Å². The first kappa shape index (κ1) is 31.1. The van der Waals surface area contributed by atoms with Gasteiger partial charge >= 0.3 is 23.9 Å². The minimum Gasteiger partial charge on any atom is -0.459 e. The fourth-order valence-corrected chi connectivity index (χ4v) is 4.81. The van der Waals surface area contributed by atoms with Crippen molar-refractivity contribution in [1.82, 2.24) is 0 Å². The van der Waals surface area contributed by atoms with Gasteiger partial charge in [0, 0.05) is 0 Å². The first-order chi connectivity index (χ1) is 21.7. The summed E-state index contributed by atoms with van der Waals surface area (Å²) in [7, 11) is 0. The lowest BCUT2D eigenvalue weighted by molar-refractivity contribution is -0.318. The molecule has 0 saturated carbocycles. The summed E-state index contributed by atoms with van der Waals surface area (Å²) in [5.74, 6) is -3.23. The molecule has 1 unspecified atom stereocenters. The van der Waals surface area contributed by atoms with Crippen molar-refractivity contribution in [3.63, 3.8) is 0 Å². The van der Waals surface area contributed by atoms with Gasteiger partial charge in [-0.05, 0) is 55.5 Å². The Hall–Kier alpha value is -5.32. The van der Waals surface area contributed by atoms with E-state index in [9.17, 15) is 24.3 Å². The Morgan fingerprint density at radius 3 is 1.36 bits per heavy atom. The average molecular weight is 611 g/mol. The van der Waals surface area contributed by atoms with Gasteiger partial charge in [-0.15, -0.1) is 0 Å². The van der Waals surface area contributed by atoms with Gasteiger partial charge in [-0.25, -0.2) is 19.2 Å². The highest BCUT2D eigenvalue weighted by atomic mass is 16.7. The Morgan fingerprint density at radius 1 is 0.578 bits per heavy atom. The predicted octanol–water partition coefficient (Wildman–Crippen LogP) is 4.63. The fraction of sp³-hybridized carbons (Fsp3) is 0.200. The zero-order valence-electron chi connectivity index (χ0n) is 24.2. The van der Waals surface area contributed by atoms with E-state index in [1.807, 2.05) is 0 Å². The second-order valence-corrected chi connectivity index (χ2v) is 10.4. The zero-order valence-corrected chi connectivity index (χ0v) is 24.2. The summed E-state index contributed by atoms with van der Waals surface area (Å²) >= 11 is 0. The van der Waals surface area contributed by atoms with Gasteiger partial charge in [0.2, 0.25) is 0 Å². The van der Waals surface area contributed by atoms with Gasteiger partial charge in [-0.3, -0.25) is 0 Å². The maximum Gasteiger partial charge on any atom is 0.338 e. The number of hydrogen-bond donors (Lipinski definition) is 1. The number of benzene rings is 4. The van der Waals surface area contributed by atoms with Crippen LogP contribution in [0.4, 0.5) is 0 Å². The van der Waals surface area contributed by atoms with E-state index >= 15 is 0 Å². The van der Waals surface area contributed by atoms with E-state index in [0.717, 1.165) is 0 Å². The molecule has 1 fully saturated rings. The van der Waals surface area contributed by atoms with Crippen molar-refractivity contribution in [2.75, 3.05) is 6.61 Å². The highest BCUT2D eigenvalue weighted by molar-refractivity contribution is 5.91. The van der Waals surface area contributed by atoms with E-state index in [1.54, 1.807) is 84.9 Å². The standard InChI is InChI=1S/C35H30O10/c1-35(22-41-30(36)23-14-6-2-7-15-23)29(44-33(39)26-20-12-5-13-21-26)27(42-31(37)24-16-8-3-9-17-24)28(34(40)45-35)43-32(38)25-18-10-4-11-19-25/h2-21,27-29,34,40H,22H2,1H3/t27-,28-,29+,34?,35-/m1/s1. The number of hydrogen-bond acceptors (Lipinski definition) is 10. The normalized spacial score (nSPS) is 22.4. The monoisotopic (exact) mass is 610 g/mol. The summed E-state index contributed by atoms with van der Waals surface area (Å²) < 4.78 is 28.9. The topological polar surface area (TPSA) is 135 Å². The van der Waals surface area contributed by atoms with E-state index in [4.69, 9.17) is 23.7 Å². The van der Waals surface area contributed by atoms with E-state index in [-0.39, 0.29) is 22.3 Å². The lowest BCUT2D eigenvalue weighted by atomic mass is 9.88. The lowest BCUT2D eigenvalue weighted by Gasteiger charge is -2.48. The van der Waals surface area contributed by atoms with Crippen LogP contribution in [0.3, 0.4) is 0 Å². The number of ether oxygens (including phenoxy) is 5. The number of esters is 4. The number of carbonyl (C=O) groups is 4. The first-order valence-corrected chi connectivity index (χ1v) is 14.1. The molecule has 0 spiro atoms. The highest BCUT2D eigenvalue weighted by Gasteiger charge is 2.58. The Balaban J connectivity index is 1.52. The fourth-order valence-electron chi connectivity index (χ4n) is 4.81. The smallest absolute Gasteiger partial charge is 0.338 e.